The molecule has 0 spiro atoms. The van der Waals surface area contributed by atoms with Gasteiger partial charge in [-0.15, -0.1) is 11.3 Å². The number of hydrogen-bond acceptors (Lipinski definition) is 5. The number of oxazole rings is 1. The Labute approximate surface area is 162 Å². The quantitative estimate of drug-likeness (QED) is 0.735. The molecule has 0 bridgehead atoms. The number of rotatable bonds is 5. The van der Waals surface area contributed by atoms with Gasteiger partial charge in [0, 0.05) is 19.0 Å². The molecule has 0 radical (unpaired) electrons. The van der Waals surface area contributed by atoms with Crippen LogP contribution in [0.3, 0.4) is 0 Å². The third kappa shape index (κ3) is 3.68. The van der Waals surface area contributed by atoms with E-state index in [0.29, 0.717) is 37.2 Å². The van der Waals surface area contributed by atoms with Gasteiger partial charge >= 0.3 is 0 Å². The molecule has 1 aliphatic rings. The minimum absolute atomic E-state index is 0.0843. The van der Waals surface area contributed by atoms with Crippen LogP contribution in [-0.4, -0.2) is 35.4 Å². The molecule has 1 aromatic carbocycles. The SMILES string of the molecule is Cc1oc(-c2cccs2)nc1CC(=O)N1C[C@@H](CN)[C@H](c2ccccc2)C1. The molecule has 0 unspecified atom stereocenters. The van der Waals surface area contributed by atoms with Crippen LogP contribution in [-0.2, 0) is 11.2 Å². The van der Waals surface area contributed by atoms with E-state index in [-0.39, 0.29) is 18.2 Å². The first-order chi connectivity index (χ1) is 13.2. The predicted molar refractivity (Wildman–Crippen MR) is 107 cm³/mol. The van der Waals surface area contributed by atoms with E-state index in [1.54, 1.807) is 11.3 Å². The Kier molecular flexibility index (Phi) is 5.09. The number of carbonyl (C=O) groups is 1. The van der Waals surface area contributed by atoms with Gasteiger partial charge in [0.05, 0.1) is 17.0 Å². The van der Waals surface area contributed by atoms with Gasteiger partial charge in [-0.1, -0.05) is 36.4 Å². The Hall–Kier alpha value is -2.44. The molecule has 1 saturated heterocycles. The summed E-state index contributed by atoms with van der Waals surface area (Å²) in [6.07, 6.45) is 0.263. The van der Waals surface area contributed by atoms with Crippen LogP contribution in [0.1, 0.15) is 22.9 Å². The zero-order chi connectivity index (χ0) is 18.8. The molecular weight excluding hydrogens is 358 g/mol. The molecule has 2 N–H and O–H groups in total. The maximum atomic E-state index is 12.9. The van der Waals surface area contributed by atoms with Crippen molar-refractivity contribution < 1.29 is 9.21 Å². The molecule has 2 aromatic heterocycles. The van der Waals surface area contributed by atoms with Crippen molar-refractivity contribution in [3.05, 3.63) is 64.9 Å². The number of benzene rings is 1. The van der Waals surface area contributed by atoms with Crippen molar-refractivity contribution >= 4 is 17.2 Å². The number of hydrogen-bond donors (Lipinski definition) is 1. The Morgan fingerprint density at radius 3 is 2.78 bits per heavy atom. The van der Waals surface area contributed by atoms with E-state index in [1.807, 2.05) is 47.5 Å². The Morgan fingerprint density at radius 1 is 1.26 bits per heavy atom. The van der Waals surface area contributed by atoms with Gasteiger partial charge < -0.3 is 15.1 Å². The summed E-state index contributed by atoms with van der Waals surface area (Å²) in [6.45, 7) is 3.85. The molecule has 0 aliphatic carbocycles. The Bertz CT molecular complexity index is 905. The Balaban J connectivity index is 1.47. The zero-order valence-corrected chi connectivity index (χ0v) is 16.1. The summed E-state index contributed by atoms with van der Waals surface area (Å²) in [6, 6.07) is 14.3. The van der Waals surface area contributed by atoms with Crippen LogP contribution in [0.2, 0.25) is 0 Å². The maximum absolute atomic E-state index is 12.9. The van der Waals surface area contributed by atoms with Crippen molar-refractivity contribution in [3.8, 4) is 10.8 Å². The van der Waals surface area contributed by atoms with E-state index < -0.39 is 0 Å². The normalized spacial score (nSPS) is 19.6. The van der Waals surface area contributed by atoms with Crippen molar-refractivity contribution in [2.75, 3.05) is 19.6 Å². The standard InChI is InChI=1S/C21H23N3O2S/c1-14-18(23-21(26-14)19-8-5-9-27-19)10-20(25)24-12-16(11-22)17(13-24)15-6-3-2-4-7-15/h2-9,16-17H,10-13,22H2,1H3/t16-,17+/m1/s1. The maximum Gasteiger partial charge on any atom is 0.236 e. The average molecular weight is 382 g/mol. The van der Waals surface area contributed by atoms with E-state index in [9.17, 15) is 4.79 Å². The van der Waals surface area contributed by atoms with Crippen LogP contribution in [0.5, 0.6) is 0 Å². The first kappa shape index (κ1) is 17.9. The molecule has 1 amide bonds. The lowest BCUT2D eigenvalue weighted by atomic mass is 9.89. The van der Waals surface area contributed by atoms with E-state index in [0.717, 1.165) is 10.6 Å². The van der Waals surface area contributed by atoms with Gasteiger partial charge in [0.2, 0.25) is 11.8 Å². The number of aryl methyl sites for hydroxylation is 1. The van der Waals surface area contributed by atoms with Crippen LogP contribution in [0.4, 0.5) is 0 Å². The largest absolute Gasteiger partial charge is 0.440 e. The van der Waals surface area contributed by atoms with Crippen molar-refractivity contribution in [2.45, 2.75) is 19.3 Å². The van der Waals surface area contributed by atoms with Gasteiger partial charge in [-0.05, 0) is 36.4 Å². The Morgan fingerprint density at radius 2 is 2.07 bits per heavy atom. The highest BCUT2D eigenvalue weighted by Crippen LogP contribution is 2.33. The summed E-state index contributed by atoms with van der Waals surface area (Å²) in [4.78, 5) is 20.4. The molecule has 27 heavy (non-hydrogen) atoms. The molecule has 2 atom stereocenters. The minimum Gasteiger partial charge on any atom is -0.440 e. The summed E-state index contributed by atoms with van der Waals surface area (Å²) < 4.78 is 5.76. The number of nitrogens with zero attached hydrogens (tertiary/aromatic N) is 2. The van der Waals surface area contributed by atoms with E-state index >= 15 is 0 Å². The van der Waals surface area contributed by atoms with Gasteiger partial charge in [-0.2, -0.15) is 0 Å². The van der Waals surface area contributed by atoms with Gasteiger partial charge in [0.25, 0.3) is 0 Å². The lowest BCUT2D eigenvalue weighted by molar-refractivity contribution is -0.129. The van der Waals surface area contributed by atoms with Crippen molar-refractivity contribution in [2.24, 2.45) is 11.7 Å². The molecule has 1 aliphatic heterocycles. The molecule has 5 nitrogen and oxygen atoms in total. The van der Waals surface area contributed by atoms with Crippen LogP contribution in [0, 0.1) is 12.8 Å². The topological polar surface area (TPSA) is 72.4 Å². The number of amides is 1. The van der Waals surface area contributed by atoms with Gasteiger partial charge in [0.15, 0.2) is 0 Å². The smallest absolute Gasteiger partial charge is 0.236 e. The average Bonchev–Trinajstić information content (AvgIpc) is 3.42. The van der Waals surface area contributed by atoms with Crippen LogP contribution in [0.25, 0.3) is 10.8 Å². The summed E-state index contributed by atoms with van der Waals surface area (Å²) in [5.74, 6) is 1.97. The van der Waals surface area contributed by atoms with Crippen molar-refractivity contribution in [1.29, 1.82) is 0 Å². The third-order valence-electron chi connectivity index (χ3n) is 5.27. The molecule has 4 rings (SSSR count). The molecule has 3 heterocycles. The predicted octanol–water partition coefficient (Wildman–Crippen LogP) is 3.45. The van der Waals surface area contributed by atoms with Crippen LogP contribution >= 0.6 is 11.3 Å². The first-order valence-corrected chi connectivity index (χ1v) is 10.1. The molecular formula is C21H23N3O2S. The first-order valence-electron chi connectivity index (χ1n) is 9.18. The van der Waals surface area contributed by atoms with Gasteiger partial charge in [-0.25, -0.2) is 4.98 Å². The van der Waals surface area contributed by atoms with E-state index in [1.165, 1.54) is 5.56 Å². The second kappa shape index (κ2) is 7.66. The summed E-state index contributed by atoms with van der Waals surface area (Å²) >= 11 is 1.58. The monoisotopic (exact) mass is 381 g/mol. The van der Waals surface area contributed by atoms with Crippen molar-refractivity contribution in [1.82, 2.24) is 9.88 Å². The molecule has 140 valence electrons. The highest BCUT2D eigenvalue weighted by molar-refractivity contribution is 7.13. The zero-order valence-electron chi connectivity index (χ0n) is 15.3. The molecule has 1 fully saturated rings. The van der Waals surface area contributed by atoms with E-state index in [4.69, 9.17) is 10.2 Å². The number of thiophene rings is 1. The molecule has 3 aromatic rings. The lowest BCUT2D eigenvalue weighted by Gasteiger charge is -2.16. The number of nitrogens with two attached hydrogens (primary N) is 1. The van der Waals surface area contributed by atoms with Crippen LogP contribution < -0.4 is 5.73 Å². The highest BCUT2D eigenvalue weighted by Gasteiger charge is 2.35. The lowest BCUT2D eigenvalue weighted by Crippen LogP contribution is -2.31. The van der Waals surface area contributed by atoms with Crippen LogP contribution in [0.15, 0.2) is 52.3 Å². The van der Waals surface area contributed by atoms with Gasteiger partial charge in [0.1, 0.15) is 5.76 Å². The summed E-state index contributed by atoms with van der Waals surface area (Å²) in [5.41, 5.74) is 7.96. The second-order valence-corrected chi connectivity index (χ2v) is 7.94. The summed E-state index contributed by atoms with van der Waals surface area (Å²) in [5, 5.41) is 1.99. The fourth-order valence-electron chi connectivity index (χ4n) is 3.74. The van der Waals surface area contributed by atoms with E-state index in [2.05, 4.69) is 17.1 Å². The van der Waals surface area contributed by atoms with Gasteiger partial charge in [-0.3, -0.25) is 4.79 Å². The molecule has 0 saturated carbocycles. The summed E-state index contributed by atoms with van der Waals surface area (Å²) in [7, 11) is 0. The fourth-order valence-corrected chi connectivity index (χ4v) is 4.39. The van der Waals surface area contributed by atoms with Crippen molar-refractivity contribution in [3.63, 3.8) is 0 Å². The number of likely N-dealkylation sites (tertiary alicyclic amines) is 1. The number of aromatic nitrogens is 1. The number of carbonyl (C=O) groups excluding carboxylic acids is 1. The highest BCUT2D eigenvalue weighted by atomic mass is 32.1. The fraction of sp³-hybridized carbons (Fsp3) is 0.333. The third-order valence-corrected chi connectivity index (χ3v) is 6.13. The minimum atomic E-state index is 0.0843. The second-order valence-electron chi connectivity index (χ2n) is 6.99. The molecule has 6 heteroatoms.